The van der Waals surface area contributed by atoms with Crippen LogP contribution in [0.4, 0.5) is 0 Å². The van der Waals surface area contributed by atoms with E-state index >= 15 is 0 Å². The Labute approximate surface area is 152 Å². The quantitative estimate of drug-likeness (QED) is 0.762. The molecule has 5 nitrogen and oxygen atoms in total. The van der Waals surface area contributed by atoms with Gasteiger partial charge >= 0.3 is 0 Å². The smallest absolute Gasteiger partial charge is 0.254 e. The summed E-state index contributed by atoms with van der Waals surface area (Å²) in [6.45, 7) is 3.14. The summed E-state index contributed by atoms with van der Waals surface area (Å²) in [5, 5.41) is 4.09. The molecule has 1 aliphatic heterocycles. The SMILES string of the molecule is Cc1ccc(CC(=O)NC2CN(C(=O)c3ccc4cc[nH]c4c3)C2)cc1. The van der Waals surface area contributed by atoms with Crippen LogP contribution in [0.25, 0.3) is 10.9 Å². The van der Waals surface area contributed by atoms with Gasteiger partial charge in [0.2, 0.25) is 5.91 Å². The molecule has 0 unspecified atom stereocenters. The molecule has 3 aromatic rings. The van der Waals surface area contributed by atoms with Crippen molar-refractivity contribution in [2.75, 3.05) is 13.1 Å². The summed E-state index contributed by atoms with van der Waals surface area (Å²) < 4.78 is 0. The van der Waals surface area contributed by atoms with Crippen molar-refractivity contribution in [1.29, 1.82) is 0 Å². The zero-order valence-electron chi connectivity index (χ0n) is 14.7. The van der Waals surface area contributed by atoms with E-state index < -0.39 is 0 Å². The minimum Gasteiger partial charge on any atom is -0.361 e. The Balaban J connectivity index is 1.29. The third-order valence-electron chi connectivity index (χ3n) is 4.82. The molecule has 1 saturated heterocycles. The molecule has 0 spiro atoms. The van der Waals surface area contributed by atoms with Crippen molar-refractivity contribution in [3.05, 3.63) is 71.4 Å². The molecule has 4 rings (SSSR count). The summed E-state index contributed by atoms with van der Waals surface area (Å²) in [5.74, 6) is 0.00397. The highest BCUT2D eigenvalue weighted by molar-refractivity contribution is 5.98. The number of hydrogen-bond donors (Lipinski definition) is 2. The summed E-state index contributed by atoms with van der Waals surface area (Å²) in [4.78, 5) is 29.6. The first-order chi connectivity index (χ1) is 12.6. The number of carbonyl (C=O) groups is 2. The van der Waals surface area contributed by atoms with Gasteiger partial charge in [0.25, 0.3) is 5.91 Å². The van der Waals surface area contributed by atoms with E-state index in [1.165, 1.54) is 5.56 Å². The monoisotopic (exact) mass is 347 g/mol. The molecule has 0 aliphatic carbocycles. The van der Waals surface area contributed by atoms with Crippen molar-refractivity contribution in [1.82, 2.24) is 15.2 Å². The zero-order valence-corrected chi connectivity index (χ0v) is 14.7. The molecule has 26 heavy (non-hydrogen) atoms. The summed E-state index contributed by atoms with van der Waals surface area (Å²) in [6, 6.07) is 15.6. The van der Waals surface area contributed by atoms with Crippen LogP contribution in [0.15, 0.2) is 54.7 Å². The van der Waals surface area contributed by atoms with E-state index in [9.17, 15) is 9.59 Å². The topological polar surface area (TPSA) is 65.2 Å². The average molecular weight is 347 g/mol. The second kappa shape index (κ2) is 6.67. The predicted molar refractivity (Wildman–Crippen MR) is 101 cm³/mol. The molecular weight excluding hydrogens is 326 g/mol. The molecule has 1 aromatic heterocycles. The van der Waals surface area contributed by atoms with Gasteiger partial charge < -0.3 is 15.2 Å². The molecule has 2 amide bonds. The number of benzene rings is 2. The summed E-state index contributed by atoms with van der Waals surface area (Å²) >= 11 is 0. The van der Waals surface area contributed by atoms with Crippen LogP contribution in [0.3, 0.4) is 0 Å². The number of amides is 2. The largest absolute Gasteiger partial charge is 0.361 e. The van der Waals surface area contributed by atoms with Gasteiger partial charge in [0.05, 0.1) is 12.5 Å². The van der Waals surface area contributed by atoms with Crippen molar-refractivity contribution in [2.24, 2.45) is 0 Å². The summed E-state index contributed by atoms with van der Waals surface area (Å²) in [6.07, 6.45) is 2.23. The Kier molecular flexibility index (Phi) is 4.21. The first-order valence-corrected chi connectivity index (χ1v) is 8.80. The molecule has 2 heterocycles. The van der Waals surface area contributed by atoms with E-state index in [1.807, 2.05) is 61.7 Å². The molecule has 5 heteroatoms. The Morgan fingerprint density at radius 2 is 1.88 bits per heavy atom. The van der Waals surface area contributed by atoms with Crippen molar-refractivity contribution in [2.45, 2.75) is 19.4 Å². The molecule has 1 aliphatic rings. The van der Waals surface area contributed by atoms with Crippen molar-refractivity contribution in [3.8, 4) is 0 Å². The van der Waals surface area contributed by atoms with Gasteiger partial charge in [0, 0.05) is 30.4 Å². The number of aromatic nitrogens is 1. The highest BCUT2D eigenvalue weighted by Gasteiger charge is 2.32. The number of H-pyrrole nitrogens is 1. The first kappa shape index (κ1) is 16.4. The molecule has 0 radical (unpaired) electrons. The van der Waals surface area contributed by atoms with Crippen LogP contribution in [-0.2, 0) is 11.2 Å². The number of rotatable bonds is 4. The second-order valence-corrected chi connectivity index (χ2v) is 6.92. The molecule has 2 N–H and O–H groups in total. The lowest BCUT2D eigenvalue weighted by Gasteiger charge is -2.39. The van der Waals surface area contributed by atoms with E-state index in [-0.39, 0.29) is 17.9 Å². The van der Waals surface area contributed by atoms with Crippen molar-refractivity contribution < 1.29 is 9.59 Å². The zero-order chi connectivity index (χ0) is 18.1. The number of carbonyl (C=O) groups excluding carboxylic acids is 2. The van der Waals surface area contributed by atoms with E-state index in [1.54, 1.807) is 4.90 Å². The predicted octanol–water partition coefficient (Wildman–Crippen LogP) is 2.66. The van der Waals surface area contributed by atoms with Gasteiger partial charge in [-0.05, 0) is 36.1 Å². The lowest BCUT2D eigenvalue weighted by atomic mass is 10.0. The molecule has 2 aromatic carbocycles. The van der Waals surface area contributed by atoms with Crippen LogP contribution in [-0.4, -0.2) is 40.8 Å². The Bertz CT molecular complexity index is 953. The molecule has 0 saturated carbocycles. The molecular formula is C21H21N3O2. The Morgan fingerprint density at radius 1 is 1.12 bits per heavy atom. The van der Waals surface area contributed by atoms with E-state index in [4.69, 9.17) is 0 Å². The number of fused-ring (bicyclic) bond motifs is 1. The van der Waals surface area contributed by atoms with Crippen LogP contribution in [0.5, 0.6) is 0 Å². The van der Waals surface area contributed by atoms with Crippen LogP contribution in [0, 0.1) is 6.92 Å². The van der Waals surface area contributed by atoms with Gasteiger partial charge in [-0.25, -0.2) is 0 Å². The first-order valence-electron chi connectivity index (χ1n) is 8.80. The van der Waals surface area contributed by atoms with Crippen LogP contribution in [0.1, 0.15) is 21.5 Å². The normalized spacial score (nSPS) is 14.3. The van der Waals surface area contributed by atoms with Gasteiger partial charge in [0.15, 0.2) is 0 Å². The maximum atomic E-state index is 12.5. The maximum absolute atomic E-state index is 12.5. The minimum atomic E-state index is -0.00115. The lowest BCUT2D eigenvalue weighted by Crippen LogP contribution is -2.61. The standard InChI is InChI=1S/C21H21N3O2/c1-14-2-4-15(5-3-14)10-20(25)23-18-12-24(13-18)21(26)17-7-6-16-8-9-22-19(16)11-17/h2-9,11,18,22H,10,12-13H2,1H3,(H,23,25). The average Bonchev–Trinajstić information content (AvgIpc) is 3.07. The highest BCUT2D eigenvalue weighted by Crippen LogP contribution is 2.18. The number of likely N-dealkylation sites (tertiary alicyclic amines) is 1. The maximum Gasteiger partial charge on any atom is 0.254 e. The fraction of sp³-hybridized carbons (Fsp3) is 0.238. The van der Waals surface area contributed by atoms with Gasteiger partial charge in [-0.3, -0.25) is 9.59 Å². The third-order valence-corrected chi connectivity index (χ3v) is 4.82. The van der Waals surface area contributed by atoms with E-state index in [0.717, 1.165) is 16.5 Å². The van der Waals surface area contributed by atoms with Crippen LogP contribution >= 0.6 is 0 Å². The summed E-state index contributed by atoms with van der Waals surface area (Å²) in [7, 11) is 0. The third kappa shape index (κ3) is 3.33. The highest BCUT2D eigenvalue weighted by atomic mass is 16.2. The number of aryl methyl sites for hydroxylation is 1. The molecule has 132 valence electrons. The van der Waals surface area contributed by atoms with E-state index in [2.05, 4.69) is 10.3 Å². The fourth-order valence-electron chi connectivity index (χ4n) is 3.27. The summed E-state index contributed by atoms with van der Waals surface area (Å²) in [5.41, 5.74) is 3.81. The van der Waals surface area contributed by atoms with Gasteiger partial charge in [0.1, 0.15) is 0 Å². The Morgan fingerprint density at radius 3 is 2.65 bits per heavy atom. The van der Waals surface area contributed by atoms with Crippen LogP contribution in [0.2, 0.25) is 0 Å². The van der Waals surface area contributed by atoms with Crippen molar-refractivity contribution in [3.63, 3.8) is 0 Å². The lowest BCUT2D eigenvalue weighted by molar-refractivity contribution is -0.122. The number of nitrogens with zero attached hydrogens (tertiary/aromatic N) is 1. The van der Waals surface area contributed by atoms with Crippen molar-refractivity contribution >= 4 is 22.7 Å². The van der Waals surface area contributed by atoms with E-state index in [0.29, 0.717) is 25.1 Å². The molecule has 0 bridgehead atoms. The minimum absolute atomic E-state index is 0.00115. The Hall–Kier alpha value is -3.08. The van der Waals surface area contributed by atoms with Crippen LogP contribution < -0.4 is 5.32 Å². The molecule has 1 fully saturated rings. The number of hydrogen-bond acceptors (Lipinski definition) is 2. The molecule has 0 atom stereocenters. The number of nitrogens with one attached hydrogen (secondary N) is 2. The van der Waals surface area contributed by atoms with Gasteiger partial charge in [-0.2, -0.15) is 0 Å². The van der Waals surface area contributed by atoms with Gasteiger partial charge in [-0.1, -0.05) is 35.9 Å². The van der Waals surface area contributed by atoms with Gasteiger partial charge in [-0.15, -0.1) is 0 Å². The second-order valence-electron chi connectivity index (χ2n) is 6.92. The fourth-order valence-corrected chi connectivity index (χ4v) is 3.27. The number of aromatic amines is 1.